The quantitative estimate of drug-likeness (QED) is 0.750. The van der Waals surface area contributed by atoms with Gasteiger partial charge in [0.2, 0.25) is 5.91 Å². The van der Waals surface area contributed by atoms with E-state index >= 15 is 0 Å². The Hall–Kier alpha value is -3.35. The number of nitrogens with zero attached hydrogens (tertiary/aromatic N) is 1. The molecule has 2 N–H and O–H groups in total. The minimum absolute atomic E-state index is 0.0877. The van der Waals surface area contributed by atoms with Gasteiger partial charge in [-0.3, -0.25) is 4.79 Å². The average Bonchev–Trinajstić information content (AvgIpc) is 2.70. The van der Waals surface area contributed by atoms with Crippen LogP contribution in [0.15, 0.2) is 60.7 Å². The first kappa shape index (κ1) is 20.4. The second kappa shape index (κ2) is 8.77. The summed E-state index contributed by atoms with van der Waals surface area (Å²) in [6.45, 7) is 1.95. The highest BCUT2D eigenvalue weighted by atomic mass is 16.5. The van der Waals surface area contributed by atoms with Crippen molar-refractivity contribution in [2.45, 2.75) is 38.0 Å². The number of alkyl carbamates (subject to hydrolysis) is 1. The van der Waals surface area contributed by atoms with E-state index in [2.05, 4.69) is 5.32 Å². The van der Waals surface area contributed by atoms with E-state index in [0.29, 0.717) is 13.0 Å². The highest BCUT2D eigenvalue weighted by Gasteiger charge is 2.54. The first-order chi connectivity index (χ1) is 13.9. The number of carbonyl (C=O) groups excluding carboxylic acids is 2. The van der Waals surface area contributed by atoms with Crippen molar-refractivity contribution < 1.29 is 24.2 Å². The van der Waals surface area contributed by atoms with E-state index in [4.69, 9.17) is 4.74 Å². The number of rotatable bonds is 7. The minimum atomic E-state index is -1.29. The Bertz CT molecular complexity index is 871. The smallest absolute Gasteiger partial charge is 0.408 e. The Morgan fingerprint density at radius 2 is 1.66 bits per heavy atom. The van der Waals surface area contributed by atoms with Crippen molar-refractivity contribution in [2.75, 3.05) is 6.54 Å². The summed E-state index contributed by atoms with van der Waals surface area (Å²) in [5.41, 5.74) is 0.384. The number of aliphatic carboxylic acids is 1. The van der Waals surface area contributed by atoms with E-state index in [9.17, 15) is 19.5 Å². The Balaban J connectivity index is 1.60. The fourth-order valence-electron chi connectivity index (χ4n) is 3.47. The number of hydrogen-bond acceptors (Lipinski definition) is 4. The summed E-state index contributed by atoms with van der Waals surface area (Å²) in [5, 5.41) is 12.3. The van der Waals surface area contributed by atoms with Crippen LogP contribution >= 0.6 is 0 Å². The second-order valence-electron chi connectivity index (χ2n) is 7.17. The summed E-state index contributed by atoms with van der Waals surface area (Å²) >= 11 is 0. The van der Waals surface area contributed by atoms with Gasteiger partial charge in [-0.2, -0.15) is 0 Å². The first-order valence-electron chi connectivity index (χ1n) is 9.48. The fraction of sp³-hybridized carbons (Fsp3) is 0.318. The molecule has 0 saturated carbocycles. The number of amides is 2. The fourth-order valence-corrected chi connectivity index (χ4v) is 3.47. The molecule has 7 heteroatoms. The third kappa shape index (κ3) is 4.56. The molecule has 7 nitrogen and oxygen atoms in total. The van der Waals surface area contributed by atoms with Gasteiger partial charge in [0, 0.05) is 13.0 Å². The van der Waals surface area contributed by atoms with Crippen molar-refractivity contribution in [2.24, 2.45) is 0 Å². The molecule has 1 aliphatic rings. The molecule has 0 bridgehead atoms. The van der Waals surface area contributed by atoms with Crippen molar-refractivity contribution >= 4 is 18.0 Å². The lowest BCUT2D eigenvalue weighted by molar-refractivity contribution is -0.171. The predicted molar refractivity (Wildman–Crippen MR) is 106 cm³/mol. The summed E-state index contributed by atoms with van der Waals surface area (Å²) in [5.74, 6) is -1.48. The molecule has 0 radical (unpaired) electrons. The Morgan fingerprint density at radius 1 is 1.07 bits per heavy atom. The minimum Gasteiger partial charge on any atom is -0.479 e. The number of carbonyl (C=O) groups is 3. The summed E-state index contributed by atoms with van der Waals surface area (Å²) in [6, 6.07) is 17.5. The predicted octanol–water partition coefficient (Wildman–Crippen LogP) is 2.60. The van der Waals surface area contributed by atoms with Gasteiger partial charge in [0.25, 0.3) is 0 Å². The van der Waals surface area contributed by atoms with Crippen LogP contribution in [0.1, 0.15) is 24.5 Å². The lowest BCUT2D eigenvalue weighted by atomic mass is 9.78. The molecule has 0 aliphatic carbocycles. The SMILES string of the molecule is C[C@H](NC(=O)OCc1ccccc1)C(=O)N1CC[C@@]1(Cc1ccccc1)C(=O)O. The molecule has 2 aromatic rings. The van der Waals surface area contributed by atoms with E-state index in [0.717, 1.165) is 11.1 Å². The zero-order valence-corrected chi connectivity index (χ0v) is 16.2. The molecule has 2 atom stereocenters. The van der Waals surface area contributed by atoms with Gasteiger partial charge in [0.1, 0.15) is 18.2 Å². The number of likely N-dealkylation sites (tertiary alicyclic amines) is 1. The van der Waals surface area contributed by atoms with E-state index < -0.39 is 29.6 Å². The van der Waals surface area contributed by atoms with Gasteiger partial charge in [0.05, 0.1) is 0 Å². The summed E-state index contributed by atoms with van der Waals surface area (Å²) in [6.07, 6.45) is -0.131. The molecule has 0 spiro atoms. The van der Waals surface area contributed by atoms with Crippen molar-refractivity contribution in [3.05, 3.63) is 71.8 Å². The molecule has 3 rings (SSSR count). The standard InChI is InChI=1S/C22H24N2O5/c1-16(23-21(28)29-15-18-10-6-3-7-11-18)19(25)24-13-12-22(24,20(26)27)14-17-8-4-2-5-9-17/h2-11,16H,12-15H2,1H3,(H,23,28)(H,26,27)/t16-,22+/m0/s1. The molecule has 2 amide bonds. The van der Waals surface area contributed by atoms with Gasteiger partial charge in [-0.1, -0.05) is 60.7 Å². The third-order valence-corrected chi connectivity index (χ3v) is 5.19. The highest BCUT2D eigenvalue weighted by molar-refractivity contribution is 5.93. The molecule has 1 saturated heterocycles. The summed E-state index contributed by atoms with van der Waals surface area (Å²) < 4.78 is 5.14. The summed E-state index contributed by atoms with van der Waals surface area (Å²) in [4.78, 5) is 38.2. The van der Waals surface area contributed by atoms with Crippen LogP contribution in [0, 0.1) is 0 Å². The van der Waals surface area contributed by atoms with Gasteiger partial charge in [-0.05, 0) is 24.5 Å². The Kier molecular flexibility index (Phi) is 6.16. The maximum atomic E-state index is 12.8. The van der Waals surface area contributed by atoms with Gasteiger partial charge in [0.15, 0.2) is 0 Å². The Labute approximate surface area is 169 Å². The molecule has 2 aromatic carbocycles. The monoisotopic (exact) mass is 396 g/mol. The third-order valence-electron chi connectivity index (χ3n) is 5.19. The van der Waals surface area contributed by atoms with Crippen molar-refractivity contribution in [1.29, 1.82) is 0 Å². The first-order valence-corrected chi connectivity index (χ1v) is 9.48. The molecule has 152 valence electrons. The maximum absolute atomic E-state index is 12.8. The van der Waals surface area contributed by atoms with E-state index in [1.807, 2.05) is 60.7 Å². The van der Waals surface area contributed by atoms with Crippen LogP contribution < -0.4 is 5.32 Å². The van der Waals surface area contributed by atoms with Crippen LogP contribution in [-0.2, 0) is 27.4 Å². The molecule has 1 fully saturated rings. The van der Waals surface area contributed by atoms with Crippen LogP contribution in [-0.4, -0.2) is 46.1 Å². The molecule has 0 unspecified atom stereocenters. The van der Waals surface area contributed by atoms with Crippen LogP contribution in [0.3, 0.4) is 0 Å². The van der Waals surface area contributed by atoms with Crippen molar-refractivity contribution in [3.63, 3.8) is 0 Å². The molecular formula is C22H24N2O5. The molecular weight excluding hydrogens is 372 g/mol. The van der Waals surface area contributed by atoms with Crippen LogP contribution in [0.25, 0.3) is 0 Å². The number of carboxylic acid groups (broad SMARTS) is 1. The van der Waals surface area contributed by atoms with Crippen LogP contribution in [0.2, 0.25) is 0 Å². The van der Waals surface area contributed by atoms with Gasteiger partial charge < -0.3 is 20.1 Å². The second-order valence-corrected chi connectivity index (χ2v) is 7.17. The lowest BCUT2D eigenvalue weighted by Crippen LogP contribution is -2.70. The molecule has 1 aliphatic heterocycles. The molecule has 0 aromatic heterocycles. The van der Waals surface area contributed by atoms with E-state index in [1.165, 1.54) is 11.8 Å². The van der Waals surface area contributed by atoms with Crippen LogP contribution in [0.4, 0.5) is 4.79 Å². The zero-order chi connectivity index (χ0) is 20.9. The maximum Gasteiger partial charge on any atom is 0.408 e. The van der Waals surface area contributed by atoms with E-state index in [1.54, 1.807) is 0 Å². The van der Waals surface area contributed by atoms with Gasteiger partial charge >= 0.3 is 12.1 Å². The average molecular weight is 396 g/mol. The summed E-state index contributed by atoms with van der Waals surface area (Å²) in [7, 11) is 0. The van der Waals surface area contributed by atoms with Crippen molar-refractivity contribution in [1.82, 2.24) is 10.2 Å². The number of carboxylic acids is 1. The Morgan fingerprint density at radius 3 is 2.17 bits per heavy atom. The molecule has 1 heterocycles. The van der Waals surface area contributed by atoms with Crippen molar-refractivity contribution in [3.8, 4) is 0 Å². The number of nitrogens with one attached hydrogen (secondary N) is 1. The molecule has 29 heavy (non-hydrogen) atoms. The van der Waals surface area contributed by atoms with Gasteiger partial charge in [-0.25, -0.2) is 9.59 Å². The number of benzene rings is 2. The zero-order valence-electron chi connectivity index (χ0n) is 16.2. The van der Waals surface area contributed by atoms with Crippen LogP contribution in [0.5, 0.6) is 0 Å². The number of ether oxygens (including phenoxy) is 1. The number of hydrogen-bond donors (Lipinski definition) is 2. The highest BCUT2D eigenvalue weighted by Crippen LogP contribution is 2.35. The lowest BCUT2D eigenvalue weighted by Gasteiger charge is -2.50. The topological polar surface area (TPSA) is 95.9 Å². The largest absolute Gasteiger partial charge is 0.479 e. The normalized spacial score (nSPS) is 19.0. The van der Waals surface area contributed by atoms with Gasteiger partial charge in [-0.15, -0.1) is 0 Å². The van der Waals surface area contributed by atoms with E-state index in [-0.39, 0.29) is 13.0 Å².